The van der Waals surface area contributed by atoms with E-state index in [1.807, 2.05) is 60.7 Å². The van der Waals surface area contributed by atoms with Crippen molar-refractivity contribution in [2.45, 2.75) is 17.2 Å². The number of carbonyl (C=O) groups is 1. The van der Waals surface area contributed by atoms with Gasteiger partial charge in [0.1, 0.15) is 0 Å². The molecule has 0 aliphatic rings. The van der Waals surface area contributed by atoms with Crippen LogP contribution in [0.3, 0.4) is 0 Å². The van der Waals surface area contributed by atoms with Crippen molar-refractivity contribution in [3.63, 3.8) is 0 Å². The van der Waals surface area contributed by atoms with Crippen LogP contribution in [0.25, 0.3) is 11.1 Å². The Balaban J connectivity index is 1.39. The van der Waals surface area contributed by atoms with Gasteiger partial charge in [-0.2, -0.15) is 0 Å². The summed E-state index contributed by atoms with van der Waals surface area (Å²) in [7, 11) is -3.54. The van der Waals surface area contributed by atoms with Crippen molar-refractivity contribution in [2.24, 2.45) is 0 Å². The van der Waals surface area contributed by atoms with Crippen molar-refractivity contribution in [3.05, 3.63) is 115 Å². The molecule has 2 N–H and O–H groups in total. The van der Waals surface area contributed by atoms with Gasteiger partial charge in [-0.15, -0.1) is 0 Å². The molecule has 4 aromatic rings. The number of anilines is 1. The summed E-state index contributed by atoms with van der Waals surface area (Å²) in [5, 5.41) is 5.44. The molecule has 4 rings (SSSR count). The summed E-state index contributed by atoms with van der Waals surface area (Å²) < 4.78 is 25.9. The predicted molar refractivity (Wildman–Crippen MR) is 129 cm³/mol. The molecule has 0 atom stereocenters. The maximum absolute atomic E-state index is 12.9. The first kappa shape index (κ1) is 22.2. The minimum atomic E-state index is -3.54. The lowest BCUT2D eigenvalue weighted by molar-refractivity contribution is 0.251. The van der Waals surface area contributed by atoms with Gasteiger partial charge in [-0.1, -0.05) is 60.7 Å². The molecular formula is C26H23N3O3S. The lowest BCUT2D eigenvalue weighted by atomic mass is 10.0. The highest BCUT2D eigenvalue weighted by atomic mass is 32.2. The van der Waals surface area contributed by atoms with Crippen LogP contribution >= 0.6 is 0 Å². The smallest absolute Gasteiger partial charge is 0.319 e. The quantitative estimate of drug-likeness (QED) is 0.407. The standard InChI is InChI=1S/C26H23N3O3S/c30-26(28-18-21-7-5-15-27-17-21)29-24-11-13-25(14-12-24)33(31,32)19-20-6-4-10-23(16-20)22-8-2-1-3-9-22/h1-17H,18-19H2,(H2,28,29,30). The van der Waals surface area contributed by atoms with Crippen molar-refractivity contribution in [3.8, 4) is 11.1 Å². The lowest BCUT2D eigenvalue weighted by Crippen LogP contribution is -2.28. The average molecular weight is 458 g/mol. The van der Waals surface area contributed by atoms with Gasteiger partial charge in [-0.3, -0.25) is 4.98 Å². The number of carbonyl (C=O) groups excluding carboxylic acids is 1. The highest BCUT2D eigenvalue weighted by Gasteiger charge is 2.16. The zero-order valence-corrected chi connectivity index (χ0v) is 18.6. The number of nitrogens with one attached hydrogen (secondary N) is 2. The number of aromatic nitrogens is 1. The molecule has 33 heavy (non-hydrogen) atoms. The summed E-state index contributed by atoms with van der Waals surface area (Å²) in [6.45, 7) is 0.341. The Morgan fingerprint density at radius 3 is 2.24 bits per heavy atom. The minimum Gasteiger partial charge on any atom is -0.334 e. The van der Waals surface area contributed by atoms with Crippen LogP contribution in [-0.4, -0.2) is 19.4 Å². The number of urea groups is 1. The first-order chi connectivity index (χ1) is 16.0. The van der Waals surface area contributed by atoms with E-state index in [4.69, 9.17) is 0 Å². The largest absolute Gasteiger partial charge is 0.334 e. The Morgan fingerprint density at radius 2 is 1.52 bits per heavy atom. The van der Waals surface area contributed by atoms with Crippen LogP contribution in [0, 0.1) is 0 Å². The summed E-state index contributed by atoms with van der Waals surface area (Å²) in [6.07, 6.45) is 3.34. The Hall–Kier alpha value is -3.97. The molecule has 0 saturated carbocycles. The molecule has 1 aromatic heterocycles. The number of nitrogens with zero attached hydrogens (tertiary/aromatic N) is 1. The monoisotopic (exact) mass is 457 g/mol. The maximum atomic E-state index is 12.9. The first-order valence-electron chi connectivity index (χ1n) is 10.4. The highest BCUT2D eigenvalue weighted by molar-refractivity contribution is 7.90. The fourth-order valence-electron chi connectivity index (χ4n) is 3.38. The molecule has 1 heterocycles. The lowest BCUT2D eigenvalue weighted by Gasteiger charge is -2.10. The Kier molecular flexibility index (Phi) is 6.80. The van der Waals surface area contributed by atoms with Gasteiger partial charge < -0.3 is 10.6 Å². The van der Waals surface area contributed by atoms with Crippen LogP contribution in [0.15, 0.2) is 108 Å². The van der Waals surface area contributed by atoms with Crippen LogP contribution in [0.5, 0.6) is 0 Å². The Labute approximate surface area is 193 Å². The number of hydrogen-bond donors (Lipinski definition) is 2. The van der Waals surface area contributed by atoms with E-state index >= 15 is 0 Å². The molecule has 7 heteroatoms. The zero-order chi connectivity index (χ0) is 23.1. The number of pyridine rings is 1. The number of rotatable bonds is 7. The van der Waals surface area contributed by atoms with Crippen molar-refractivity contribution in [1.29, 1.82) is 0 Å². The van der Waals surface area contributed by atoms with Crippen molar-refractivity contribution in [1.82, 2.24) is 10.3 Å². The number of sulfone groups is 1. The van der Waals surface area contributed by atoms with Gasteiger partial charge in [-0.25, -0.2) is 13.2 Å². The predicted octanol–water partition coefficient (Wildman–Crippen LogP) is 5.04. The topological polar surface area (TPSA) is 88.2 Å². The molecule has 0 fully saturated rings. The third-order valence-corrected chi connectivity index (χ3v) is 6.74. The van der Waals surface area contributed by atoms with E-state index in [-0.39, 0.29) is 16.7 Å². The molecule has 0 bridgehead atoms. The van der Waals surface area contributed by atoms with Crippen molar-refractivity contribution >= 4 is 21.6 Å². The average Bonchev–Trinajstić information content (AvgIpc) is 2.84. The van der Waals surface area contributed by atoms with E-state index < -0.39 is 9.84 Å². The third kappa shape index (κ3) is 6.05. The molecule has 0 aliphatic carbocycles. The van der Waals surface area contributed by atoms with Crippen LogP contribution in [0.2, 0.25) is 0 Å². The van der Waals surface area contributed by atoms with E-state index in [0.717, 1.165) is 16.7 Å². The SMILES string of the molecule is O=C(NCc1cccnc1)Nc1ccc(S(=O)(=O)Cc2cccc(-c3ccccc3)c2)cc1. The van der Waals surface area contributed by atoms with E-state index in [1.165, 1.54) is 12.1 Å². The number of hydrogen-bond acceptors (Lipinski definition) is 4. The summed E-state index contributed by atoms with van der Waals surface area (Å²) >= 11 is 0. The molecule has 0 unspecified atom stereocenters. The van der Waals surface area contributed by atoms with Gasteiger partial charge in [-0.05, 0) is 52.6 Å². The molecule has 0 spiro atoms. The fraction of sp³-hybridized carbons (Fsp3) is 0.0769. The van der Waals surface area contributed by atoms with Gasteiger partial charge in [0.2, 0.25) is 0 Å². The minimum absolute atomic E-state index is 0.105. The molecule has 0 saturated heterocycles. The molecule has 3 aromatic carbocycles. The fourth-order valence-corrected chi connectivity index (χ4v) is 4.72. The Bertz CT molecular complexity index is 1320. The van der Waals surface area contributed by atoms with Gasteiger partial charge in [0, 0.05) is 24.6 Å². The van der Waals surface area contributed by atoms with Crippen LogP contribution in [0.1, 0.15) is 11.1 Å². The van der Waals surface area contributed by atoms with Crippen LogP contribution in [-0.2, 0) is 22.1 Å². The van der Waals surface area contributed by atoms with Crippen LogP contribution in [0.4, 0.5) is 10.5 Å². The van der Waals surface area contributed by atoms with E-state index in [9.17, 15) is 13.2 Å². The molecular weight excluding hydrogens is 434 g/mol. The summed E-state index contributed by atoms with van der Waals surface area (Å²) in [4.78, 5) is 16.3. The van der Waals surface area contributed by atoms with E-state index in [1.54, 1.807) is 30.6 Å². The van der Waals surface area contributed by atoms with Gasteiger partial charge in [0.15, 0.2) is 9.84 Å². The number of amides is 2. The van der Waals surface area contributed by atoms with Crippen molar-refractivity contribution in [2.75, 3.05) is 5.32 Å². The summed E-state index contributed by atoms with van der Waals surface area (Å²) in [6, 6.07) is 26.8. The summed E-state index contributed by atoms with van der Waals surface area (Å²) in [5.41, 5.74) is 4.11. The highest BCUT2D eigenvalue weighted by Crippen LogP contribution is 2.23. The van der Waals surface area contributed by atoms with Gasteiger partial charge in [0.05, 0.1) is 10.6 Å². The second kappa shape index (κ2) is 10.1. The maximum Gasteiger partial charge on any atom is 0.319 e. The first-order valence-corrected chi connectivity index (χ1v) is 12.1. The second-order valence-corrected chi connectivity index (χ2v) is 9.51. The van der Waals surface area contributed by atoms with Crippen molar-refractivity contribution < 1.29 is 13.2 Å². The Morgan fingerprint density at radius 1 is 0.788 bits per heavy atom. The summed E-state index contributed by atoms with van der Waals surface area (Å²) in [5.74, 6) is -0.105. The van der Waals surface area contributed by atoms with Crippen LogP contribution < -0.4 is 10.6 Å². The normalized spacial score (nSPS) is 11.0. The van der Waals surface area contributed by atoms with E-state index in [0.29, 0.717) is 17.8 Å². The van der Waals surface area contributed by atoms with Gasteiger partial charge >= 0.3 is 6.03 Å². The molecule has 2 amide bonds. The molecule has 0 radical (unpaired) electrons. The molecule has 166 valence electrons. The van der Waals surface area contributed by atoms with Gasteiger partial charge in [0.25, 0.3) is 0 Å². The number of benzene rings is 3. The zero-order valence-electron chi connectivity index (χ0n) is 17.8. The molecule has 6 nitrogen and oxygen atoms in total. The second-order valence-electron chi connectivity index (χ2n) is 7.52. The van der Waals surface area contributed by atoms with E-state index in [2.05, 4.69) is 15.6 Å². The molecule has 0 aliphatic heterocycles. The third-order valence-electron chi connectivity index (χ3n) is 5.04.